The number of para-hydroxylation sites is 1. The first-order chi connectivity index (χ1) is 14.1. The average molecular weight is 389 g/mol. The highest BCUT2D eigenvalue weighted by Gasteiger charge is 2.43. The molecule has 2 atom stereocenters. The largest absolute Gasteiger partial charge is 0.472 e. The molecule has 0 unspecified atom stereocenters. The number of likely N-dealkylation sites (tertiary alicyclic amines) is 1. The normalized spacial score (nSPS) is 21.0. The second kappa shape index (κ2) is 7.03. The van der Waals surface area contributed by atoms with Crippen LogP contribution >= 0.6 is 0 Å². The van der Waals surface area contributed by atoms with Crippen LogP contribution in [0.15, 0.2) is 53.5 Å². The number of aromatic nitrogens is 1. The number of piperazine rings is 1. The number of carbonyl (C=O) groups is 2. The van der Waals surface area contributed by atoms with Gasteiger partial charge in [0.1, 0.15) is 0 Å². The minimum absolute atomic E-state index is 0.00698. The third-order valence-corrected chi connectivity index (χ3v) is 6.21. The van der Waals surface area contributed by atoms with Crippen LogP contribution in [0, 0.1) is 6.92 Å². The van der Waals surface area contributed by atoms with Gasteiger partial charge in [-0.3, -0.25) is 14.6 Å². The van der Waals surface area contributed by atoms with Gasteiger partial charge in [0.15, 0.2) is 0 Å². The van der Waals surface area contributed by atoms with Crippen molar-refractivity contribution in [3.63, 3.8) is 0 Å². The zero-order valence-electron chi connectivity index (χ0n) is 16.4. The molecule has 6 nitrogen and oxygen atoms in total. The average Bonchev–Trinajstić information content (AvgIpc) is 3.32. The molecule has 6 heteroatoms. The summed E-state index contributed by atoms with van der Waals surface area (Å²) in [6, 6.07) is 9.74. The maximum Gasteiger partial charge on any atom is 0.256 e. The Morgan fingerprint density at radius 2 is 1.93 bits per heavy atom. The number of furan rings is 1. The van der Waals surface area contributed by atoms with Gasteiger partial charge < -0.3 is 14.2 Å². The molecule has 2 aliphatic rings. The Morgan fingerprint density at radius 3 is 2.66 bits per heavy atom. The second-order valence-electron chi connectivity index (χ2n) is 8.03. The van der Waals surface area contributed by atoms with Crippen molar-refractivity contribution >= 4 is 22.7 Å². The van der Waals surface area contributed by atoms with Gasteiger partial charge in [-0.1, -0.05) is 12.1 Å². The number of pyridine rings is 1. The Morgan fingerprint density at radius 1 is 1.14 bits per heavy atom. The molecule has 5 rings (SSSR count). The number of fused-ring (bicyclic) bond motifs is 3. The predicted octanol–water partition coefficient (Wildman–Crippen LogP) is 3.19. The van der Waals surface area contributed by atoms with Crippen LogP contribution in [0.25, 0.3) is 10.9 Å². The Kier molecular flexibility index (Phi) is 4.34. The Balaban J connectivity index is 1.37. The topological polar surface area (TPSA) is 66.7 Å². The number of hydrogen-bond donors (Lipinski definition) is 0. The summed E-state index contributed by atoms with van der Waals surface area (Å²) in [6.07, 6.45) is 7.20. The monoisotopic (exact) mass is 389 g/mol. The highest BCUT2D eigenvalue weighted by molar-refractivity contribution is 6.06. The fourth-order valence-corrected chi connectivity index (χ4v) is 4.79. The molecule has 148 valence electrons. The molecule has 3 aromatic rings. The number of aryl methyl sites for hydroxylation is 1. The van der Waals surface area contributed by atoms with Crippen molar-refractivity contribution in [2.45, 2.75) is 38.3 Å². The summed E-state index contributed by atoms with van der Waals surface area (Å²) in [6.45, 7) is 3.19. The Hall–Kier alpha value is -3.15. The van der Waals surface area contributed by atoms with E-state index in [4.69, 9.17) is 4.42 Å². The van der Waals surface area contributed by atoms with E-state index in [9.17, 15) is 9.59 Å². The molecule has 0 N–H and O–H groups in total. The van der Waals surface area contributed by atoms with Crippen LogP contribution in [0.3, 0.4) is 0 Å². The quantitative estimate of drug-likeness (QED) is 0.690. The van der Waals surface area contributed by atoms with Gasteiger partial charge in [-0.25, -0.2) is 0 Å². The van der Waals surface area contributed by atoms with Gasteiger partial charge in [0.05, 0.1) is 30.0 Å². The first-order valence-corrected chi connectivity index (χ1v) is 10.1. The molecule has 0 spiro atoms. The van der Waals surface area contributed by atoms with E-state index in [1.165, 1.54) is 0 Å². The van der Waals surface area contributed by atoms with Crippen molar-refractivity contribution in [3.05, 3.63) is 65.7 Å². The van der Waals surface area contributed by atoms with E-state index < -0.39 is 0 Å². The summed E-state index contributed by atoms with van der Waals surface area (Å²) in [7, 11) is 0. The third kappa shape index (κ3) is 3.09. The number of hydrogen-bond acceptors (Lipinski definition) is 4. The van der Waals surface area contributed by atoms with Crippen LogP contribution in [0.4, 0.5) is 0 Å². The van der Waals surface area contributed by atoms with Gasteiger partial charge in [0, 0.05) is 36.8 Å². The van der Waals surface area contributed by atoms with Crippen molar-refractivity contribution in [1.82, 2.24) is 14.8 Å². The molecule has 2 saturated heterocycles. The van der Waals surface area contributed by atoms with Crippen LogP contribution in [0.1, 0.15) is 34.3 Å². The Labute approximate surface area is 169 Å². The van der Waals surface area contributed by atoms with Crippen molar-refractivity contribution in [2.75, 3.05) is 13.1 Å². The van der Waals surface area contributed by atoms with Crippen LogP contribution in [-0.2, 0) is 11.2 Å². The van der Waals surface area contributed by atoms with Gasteiger partial charge in [-0.15, -0.1) is 0 Å². The van der Waals surface area contributed by atoms with Gasteiger partial charge >= 0.3 is 0 Å². The fourth-order valence-electron chi connectivity index (χ4n) is 4.79. The molecule has 4 heterocycles. The van der Waals surface area contributed by atoms with Crippen LogP contribution < -0.4 is 0 Å². The lowest BCUT2D eigenvalue weighted by atomic mass is 10.0. The lowest BCUT2D eigenvalue weighted by Crippen LogP contribution is -2.57. The van der Waals surface area contributed by atoms with E-state index in [0.717, 1.165) is 34.9 Å². The van der Waals surface area contributed by atoms with Crippen LogP contribution in [0.5, 0.6) is 0 Å². The number of rotatable bonds is 3. The fraction of sp³-hybridized carbons (Fsp3) is 0.348. The van der Waals surface area contributed by atoms with Crippen LogP contribution in [-0.4, -0.2) is 51.8 Å². The van der Waals surface area contributed by atoms with Crippen molar-refractivity contribution in [2.24, 2.45) is 0 Å². The Bertz CT molecular complexity index is 1060. The lowest BCUT2D eigenvalue weighted by Gasteiger charge is -2.41. The molecule has 2 aromatic heterocycles. The highest BCUT2D eigenvalue weighted by Crippen LogP contribution is 2.32. The molecule has 29 heavy (non-hydrogen) atoms. The second-order valence-corrected chi connectivity index (χ2v) is 8.03. The smallest absolute Gasteiger partial charge is 0.256 e. The van der Waals surface area contributed by atoms with E-state index in [1.54, 1.807) is 18.7 Å². The summed E-state index contributed by atoms with van der Waals surface area (Å²) in [5.74, 6) is 0.126. The molecule has 0 radical (unpaired) electrons. The van der Waals surface area contributed by atoms with Gasteiger partial charge in [0.25, 0.3) is 5.91 Å². The first kappa shape index (κ1) is 17.9. The van der Waals surface area contributed by atoms with Crippen LogP contribution in [0.2, 0.25) is 0 Å². The van der Waals surface area contributed by atoms with E-state index in [1.807, 2.05) is 47.1 Å². The zero-order chi connectivity index (χ0) is 20.0. The summed E-state index contributed by atoms with van der Waals surface area (Å²) in [4.78, 5) is 34.6. The standard InChI is InChI=1S/C23H23N3O3/c1-15-7-9-24-22-19(15)3-2-4-20(22)23(28)25-12-17-5-6-18(13-25)26(17)21(27)11-16-8-10-29-14-16/h2-4,7-10,14,17-18H,5-6,11-13H2,1H3/t17-,18+. The van der Waals surface area contributed by atoms with Gasteiger partial charge in [0.2, 0.25) is 5.91 Å². The SMILES string of the molecule is Cc1ccnc2c(C(=O)N3C[C@H]4CC[C@@H](C3)N4C(=O)Cc3ccoc3)cccc12. The first-order valence-electron chi connectivity index (χ1n) is 10.1. The molecule has 2 bridgehead atoms. The minimum atomic E-state index is 0.00698. The molecule has 1 aromatic carbocycles. The summed E-state index contributed by atoms with van der Waals surface area (Å²) in [5.41, 5.74) is 3.40. The van der Waals surface area contributed by atoms with Gasteiger partial charge in [-0.2, -0.15) is 0 Å². The maximum atomic E-state index is 13.3. The maximum absolute atomic E-state index is 13.3. The number of carbonyl (C=O) groups excluding carboxylic acids is 2. The molecular weight excluding hydrogens is 366 g/mol. The molecule has 0 aliphatic carbocycles. The third-order valence-electron chi connectivity index (χ3n) is 6.21. The molecular formula is C23H23N3O3. The van der Waals surface area contributed by atoms with E-state index in [-0.39, 0.29) is 23.9 Å². The lowest BCUT2D eigenvalue weighted by molar-refractivity contribution is -0.135. The number of benzene rings is 1. The molecule has 0 saturated carbocycles. The predicted molar refractivity (Wildman–Crippen MR) is 108 cm³/mol. The number of amides is 2. The molecule has 2 fully saturated rings. The van der Waals surface area contributed by atoms with Crippen molar-refractivity contribution in [1.29, 1.82) is 0 Å². The van der Waals surface area contributed by atoms with Crippen molar-refractivity contribution < 1.29 is 14.0 Å². The minimum Gasteiger partial charge on any atom is -0.472 e. The van der Waals surface area contributed by atoms with E-state index >= 15 is 0 Å². The summed E-state index contributed by atoms with van der Waals surface area (Å²) < 4.78 is 5.08. The number of nitrogens with zero attached hydrogens (tertiary/aromatic N) is 3. The molecule has 2 aliphatic heterocycles. The highest BCUT2D eigenvalue weighted by atomic mass is 16.3. The van der Waals surface area contributed by atoms with Crippen molar-refractivity contribution in [3.8, 4) is 0 Å². The van der Waals surface area contributed by atoms with E-state index in [2.05, 4.69) is 4.98 Å². The summed E-state index contributed by atoms with van der Waals surface area (Å²) in [5, 5.41) is 1.01. The van der Waals surface area contributed by atoms with E-state index in [0.29, 0.717) is 25.1 Å². The summed E-state index contributed by atoms with van der Waals surface area (Å²) >= 11 is 0. The zero-order valence-corrected chi connectivity index (χ0v) is 16.4. The molecule has 2 amide bonds. The van der Waals surface area contributed by atoms with Gasteiger partial charge in [-0.05, 0) is 49.1 Å².